The molecule has 4 aliphatic rings. The highest BCUT2D eigenvalue weighted by Gasteiger charge is 2.69. The number of hydrogen-bond acceptors (Lipinski definition) is 4. The predicted octanol–water partition coefficient (Wildman–Crippen LogP) is 4.15. The highest BCUT2D eigenvalue weighted by molar-refractivity contribution is 6.78. The first-order valence-corrected chi connectivity index (χ1v) is 13.9. The number of fused-ring (bicyclic) bond motifs is 4. The van der Waals surface area contributed by atoms with E-state index in [2.05, 4.69) is 44.8 Å². The summed E-state index contributed by atoms with van der Waals surface area (Å²) in [6, 6.07) is 4.03. The predicted molar refractivity (Wildman–Crippen MR) is 110 cm³/mol. The van der Waals surface area contributed by atoms with Crippen LogP contribution in [0.4, 0.5) is 0 Å². The summed E-state index contributed by atoms with van der Waals surface area (Å²) in [7, 11) is -0.0207. The first kappa shape index (κ1) is 18.5. The summed E-state index contributed by atoms with van der Waals surface area (Å²) in [5.74, 6) is -1.05. The summed E-state index contributed by atoms with van der Waals surface area (Å²) in [6.45, 7) is 10.00. The largest absolute Gasteiger partial charge is 0.346 e. The Morgan fingerprint density at radius 1 is 1.14 bits per heavy atom. The Balaban J connectivity index is 1.87. The van der Waals surface area contributed by atoms with E-state index in [1.165, 1.54) is 0 Å². The van der Waals surface area contributed by atoms with Gasteiger partial charge in [0.1, 0.15) is 0 Å². The Morgan fingerprint density at radius 2 is 1.89 bits per heavy atom. The molecule has 0 saturated carbocycles. The van der Waals surface area contributed by atoms with Gasteiger partial charge in [-0.1, -0.05) is 50.8 Å². The minimum Gasteiger partial charge on any atom is -0.346 e. The van der Waals surface area contributed by atoms with Crippen molar-refractivity contribution in [1.29, 1.82) is 0 Å². The van der Waals surface area contributed by atoms with Crippen LogP contribution in [0.1, 0.15) is 45.2 Å². The number of Topliss-reactive ketones (excluding diaryl/α,β-unsaturated/α-hetero) is 2. The van der Waals surface area contributed by atoms with Gasteiger partial charge in [0.15, 0.2) is 5.78 Å². The van der Waals surface area contributed by atoms with Crippen molar-refractivity contribution in [1.82, 2.24) is 0 Å². The van der Waals surface area contributed by atoms with Crippen LogP contribution in [0.25, 0.3) is 0 Å². The molecule has 0 spiro atoms. The lowest BCUT2D eigenvalue weighted by Gasteiger charge is -2.56. The number of methoxy groups -OCH3 is 1. The van der Waals surface area contributed by atoms with Crippen molar-refractivity contribution in [2.45, 2.75) is 56.1 Å². The van der Waals surface area contributed by atoms with Crippen molar-refractivity contribution >= 4 is 19.6 Å². The van der Waals surface area contributed by atoms with Gasteiger partial charge in [-0.15, -0.1) is 0 Å². The third-order valence-electron chi connectivity index (χ3n) is 7.75. The molecule has 1 aromatic rings. The van der Waals surface area contributed by atoms with E-state index in [9.17, 15) is 9.59 Å². The number of allylic oxidation sites excluding steroid dienone is 1. The second kappa shape index (κ2) is 5.52. The Bertz CT molecular complexity index is 943. The van der Waals surface area contributed by atoms with Crippen molar-refractivity contribution in [3.8, 4) is 0 Å². The average Bonchev–Trinajstić information content (AvgIpc) is 3.21. The first-order valence-electron chi connectivity index (χ1n) is 10.3. The van der Waals surface area contributed by atoms with Crippen LogP contribution in [0.3, 0.4) is 0 Å². The molecule has 4 nitrogen and oxygen atoms in total. The number of hydrogen-bond donors (Lipinski definition) is 0. The van der Waals surface area contributed by atoms with Gasteiger partial charge in [0, 0.05) is 41.9 Å². The fraction of sp³-hybridized carbons (Fsp3) is 0.565. The lowest BCUT2D eigenvalue weighted by molar-refractivity contribution is -0.191. The maximum Gasteiger partial charge on any atom is 0.237 e. The normalized spacial score (nSPS) is 38.4. The summed E-state index contributed by atoms with van der Waals surface area (Å²) in [5, 5.41) is 0. The zero-order chi connectivity index (χ0) is 20.1. The van der Waals surface area contributed by atoms with Crippen LogP contribution in [0.5, 0.6) is 0 Å². The van der Waals surface area contributed by atoms with Crippen molar-refractivity contribution in [2.24, 2.45) is 11.8 Å². The maximum absolute atomic E-state index is 13.9. The summed E-state index contributed by atoms with van der Waals surface area (Å²) >= 11 is 0. The molecule has 0 bridgehead atoms. The maximum atomic E-state index is 13.9. The van der Waals surface area contributed by atoms with Gasteiger partial charge >= 0.3 is 0 Å². The Labute approximate surface area is 167 Å². The highest BCUT2D eigenvalue weighted by atomic mass is 28.3. The molecule has 28 heavy (non-hydrogen) atoms. The number of rotatable bonds is 2. The molecule has 1 aromatic carbocycles. The molecule has 1 saturated heterocycles. The van der Waals surface area contributed by atoms with Crippen LogP contribution in [-0.2, 0) is 21.3 Å². The van der Waals surface area contributed by atoms with Crippen molar-refractivity contribution in [2.75, 3.05) is 13.7 Å². The summed E-state index contributed by atoms with van der Waals surface area (Å²) in [5.41, 5.74) is 3.56. The van der Waals surface area contributed by atoms with E-state index in [1.807, 2.05) is 6.07 Å². The van der Waals surface area contributed by atoms with Crippen LogP contribution in [-0.4, -0.2) is 39.1 Å². The highest BCUT2D eigenvalue weighted by Crippen LogP contribution is 2.64. The van der Waals surface area contributed by atoms with Crippen molar-refractivity contribution in [3.63, 3.8) is 0 Å². The van der Waals surface area contributed by atoms with Crippen LogP contribution < -0.4 is 0 Å². The minimum atomic E-state index is -1.62. The third kappa shape index (κ3) is 1.98. The van der Waals surface area contributed by atoms with Gasteiger partial charge in [0.05, 0.1) is 14.7 Å². The van der Waals surface area contributed by atoms with E-state index in [4.69, 9.17) is 9.47 Å². The molecule has 1 fully saturated rings. The molecule has 5 atom stereocenters. The molecule has 3 aliphatic carbocycles. The molecule has 0 radical (unpaired) electrons. The molecule has 0 unspecified atom stereocenters. The van der Waals surface area contributed by atoms with Gasteiger partial charge < -0.3 is 9.47 Å². The molecule has 0 amide bonds. The number of carbonyl (C=O) groups excluding carboxylic acids is 2. The van der Waals surface area contributed by atoms with Crippen LogP contribution >= 0.6 is 0 Å². The third-order valence-corrected chi connectivity index (χ3v) is 10.4. The average molecular weight is 397 g/mol. The van der Waals surface area contributed by atoms with Crippen molar-refractivity contribution in [3.05, 3.63) is 46.5 Å². The van der Waals surface area contributed by atoms with Gasteiger partial charge in [0.25, 0.3) is 0 Å². The summed E-state index contributed by atoms with van der Waals surface area (Å²) in [6.07, 6.45) is 5.78. The smallest absolute Gasteiger partial charge is 0.237 e. The van der Waals surface area contributed by atoms with Gasteiger partial charge in [-0.25, -0.2) is 0 Å². The molecule has 1 aliphatic heterocycles. The van der Waals surface area contributed by atoms with Gasteiger partial charge in [-0.3, -0.25) is 9.59 Å². The van der Waals surface area contributed by atoms with E-state index < -0.39 is 13.9 Å². The van der Waals surface area contributed by atoms with Gasteiger partial charge in [-0.05, 0) is 23.1 Å². The molecule has 148 valence electrons. The zero-order valence-electron chi connectivity index (χ0n) is 17.3. The zero-order valence-corrected chi connectivity index (χ0v) is 18.3. The second-order valence-corrected chi connectivity index (χ2v) is 15.5. The van der Waals surface area contributed by atoms with E-state index >= 15 is 0 Å². The Kier molecular flexibility index (Phi) is 3.64. The van der Waals surface area contributed by atoms with E-state index in [1.54, 1.807) is 7.11 Å². The van der Waals surface area contributed by atoms with Crippen molar-refractivity contribution < 1.29 is 19.1 Å². The lowest BCUT2D eigenvalue weighted by atomic mass is 9.54. The van der Waals surface area contributed by atoms with Crippen LogP contribution in [0.15, 0.2) is 24.3 Å². The Hall–Kier alpha value is -1.56. The van der Waals surface area contributed by atoms with Gasteiger partial charge in [-0.2, -0.15) is 0 Å². The standard InChI is InChI=1S/C23H28O4Si/c1-22-16-9-7-14-15(8-10-17(14)24)19(16)21(25)23(26-2)20(22)13(12-27-23)6-11-18(22)28(3,4)5/h6-7,9,11,13,18,20H,8,10,12H2,1-5H3/t13-,18-,20+,22-,23+/m0/s1. The summed E-state index contributed by atoms with van der Waals surface area (Å²) < 4.78 is 12.1. The van der Waals surface area contributed by atoms with E-state index in [0.29, 0.717) is 36.1 Å². The van der Waals surface area contributed by atoms with Crippen LogP contribution in [0.2, 0.25) is 25.2 Å². The topological polar surface area (TPSA) is 52.6 Å². The molecule has 0 N–H and O–H groups in total. The number of ketones is 2. The first-order chi connectivity index (χ1) is 13.2. The number of carbonyl (C=O) groups is 2. The fourth-order valence-corrected chi connectivity index (χ4v) is 9.60. The molecular weight excluding hydrogens is 368 g/mol. The lowest BCUT2D eigenvalue weighted by Crippen LogP contribution is -2.63. The van der Waals surface area contributed by atoms with Gasteiger partial charge in [0.2, 0.25) is 11.6 Å². The minimum absolute atomic E-state index is 0.0399. The fourth-order valence-electron chi connectivity index (χ4n) is 6.77. The van der Waals surface area contributed by atoms with E-state index in [-0.39, 0.29) is 28.8 Å². The summed E-state index contributed by atoms with van der Waals surface area (Å²) in [4.78, 5) is 26.2. The molecular formula is C23H28O4Si. The van der Waals surface area contributed by atoms with Crippen LogP contribution in [0, 0.1) is 11.8 Å². The number of benzene rings is 1. The second-order valence-electron chi connectivity index (χ2n) is 10.1. The monoisotopic (exact) mass is 396 g/mol. The quantitative estimate of drug-likeness (QED) is 0.557. The van der Waals surface area contributed by atoms with E-state index in [0.717, 1.165) is 11.1 Å². The Morgan fingerprint density at radius 3 is 2.57 bits per heavy atom. The SMILES string of the molecule is CO[C@]12OC[C@@H]3C=C[C@H]([Si](C)(C)C)[C@](C)(c4ccc5c(c4C1=O)CCC5=O)[C@@H]32. The molecule has 5 heteroatoms. The number of ether oxygens (including phenoxy) is 2. The molecule has 0 aromatic heterocycles. The molecule has 1 heterocycles. The molecule has 5 rings (SSSR count).